The van der Waals surface area contributed by atoms with Crippen molar-refractivity contribution in [2.45, 2.75) is 27.3 Å². The van der Waals surface area contributed by atoms with Gasteiger partial charge in [0.2, 0.25) is 5.91 Å². The summed E-state index contributed by atoms with van der Waals surface area (Å²) >= 11 is 0. The molecule has 0 atom stereocenters. The van der Waals surface area contributed by atoms with Gasteiger partial charge in [0.15, 0.2) is 0 Å². The summed E-state index contributed by atoms with van der Waals surface area (Å²) in [4.78, 5) is 42.4. The Balaban J connectivity index is 2.01. The molecular weight excluding hydrogens is 380 g/mol. The summed E-state index contributed by atoms with van der Waals surface area (Å²) in [5.41, 5.74) is 2.70. The highest BCUT2D eigenvalue weighted by Gasteiger charge is 2.19. The van der Waals surface area contributed by atoms with Crippen LogP contribution in [0.25, 0.3) is 11.4 Å². The minimum Gasteiger partial charge on any atom is -0.352 e. The Hall–Kier alpha value is -3.74. The third kappa shape index (κ3) is 4.46. The van der Waals surface area contributed by atoms with Crippen LogP contribution < -0.4 is 16.2 Å². The molecule has 7 heteroatoms. The number of carbonyl (C=O) groups excluding carboxylic acids is 2. The number of carbonyl (C=O) groups is 2. The molecule has 3 rings (SSSR count). The number of hydrogen-bond acceptors (Lipinski definition) is 4. The monoisotopic (exact) mass is 404 g/mol. The van der Waals surface area contributed by atoms with Gasteiger partial charge in [0.25, 0.3) is 11.5 Å². The summed E-state index contributed by atoms with van der Waals surface area (Å²) < 4.78 is 1.24. The summed E-state index contributed by atoms with van der Waals surface area (Å²) in [6, 6.07) is 14.7. The van der Waals surface area contributed by atoms with E-state index in [2.05, 4.69) is 15.6 Å². The number of amides is 2. The van der Waals surface area contributed by atoms with E-state index in [-0.39, 0.29) is 18.0 Å². The molecule has 0 bridgehead atoms. The van der Waals surface area contributed by atoms with Gasteiger partial charge in [0, 0.05) is 24.0 Å². The number of aromatic nitrogens is 2. The number of nitrogens with zero attached hydrogens (tertiary/aromatic N) is 2. The molecule has 0 fully saturated rings. The Bertz CT molecular complexity index is 1140. The van der Waals surface area contributed by atoms with E-state index in [1.807, 2.05) is 50.2 Å². The molecule has 154 valence electrons. The lowest BCUT2D eigenvalue weighted by molar-refractivity contribution is -0.116. The second kappa shape index (κ2) is 9.17. The van der Waals surface area contributed by atoms with Gasteiger partial charge >= 0.3 is 0 Å². The molecule has 30 heavy (non-hydrogen) atoms. The molecule has 0 unspecified atom stereocenters. The van der Waals surface area contributed by atoms with E-state index in [9.17, 15) is 14.4 Å². The van der Waals surface area contributed by atoms with Crippen LogP contribution in [0.3, 0.4) is 0 Å². The standard InChI is InChI=1S/C23H24N4O3/c1-4-24-22(29)18-13-25-21(17-10-6-5-7-11-17)27(23(18)30)14-20(28)26-19-12-8-9-15(2)16(19)3/h5-13H,4,14H2,1-3H3,(H,24,29)(H,26,28). The fourth-order valence-corrected chi connectivity index (χ4v) is 3.09. The largest absolute Gasteiger partial charge is 0.352 e. The number of hydrogen-bond donors (Lipinski definition) is 2. The molecular formula is C23H24N4O3. The quantitative estimate of drug-likeness (QED) is 0.661. The zero-order valence-electron chi connectivity index (χ0n) is 17.2. The van der Waals surface area contributed by atoms with Gasteiger partial charge in [-0.2, -0.15) is 0 Å². The van der Waals surface area contributed by atoms with Gasteiger partial charge in [-0.15, -0.1) is 0 Å². The topological polar surface area (TPSA) is 93.1 Å². The number of benzene rings is 2. The molecule has 1 aromatic heterocycles. The number of nitrogens with one attached hydrogen (secondary N) is 2. The van der Waals surface area contributed by atoms with Crippen LogP contribution in [0.15, 0.2) is 59.5 Å². The van der Waals surface area contributed by atoms with E-state index in [0.29, 0.717) is 23.6 Å². The fraction of sp³-hybridized carbons (Fsp3) is 0.217. The van der Waals surface area contributed by atoms with E-state index in [0.717, 1.165) is 11.1 Å². The minimum atomic E-state index is -0.564. The first-order chi connectivity index (χ1) is 14.4. The lowest BCUT2D eigenvalue weighted by atomic mass is 10.1. The second-order valence-electron chi connectivity index (χ2n) is 6.91. The number of anilines is 1. The van der Waals surface area contributed by atoms with Gasteiger partial charge in [0.1, 0.15) is 17.9 Å². The lowest BCUT2D eigenvalue weighted by Gasteiger charge is -2.15. The maximum absolute atomic E-state index is 13.1. The van der Waals surface area contributed by atoms with Crippen molar-refractivity contribution in [3.8, 4) is 11.4 Å². The molecule has 0 saturated carbocycles. The van der Waals surface area contributed by atoms with E-state index in [1.54, 1.807) is 19.1 Å². The van der Waals surface area contributed by atoms with Crippen LogP contribution in [0.4, 0.5) is 5.69 Å². The minimum absolute atomic E-state index is 0.101. The van der Waals surface area contributed by atoms with Gasteiger partial charge in [-0.3, -0.25) is 19.0 Å². The summed E-state index contributed by atoms with van der Waals surface area (Å²) in [6.45, 7) is 5.76. The number of aryl methyl sites for hydroxylation is 1. The van der Waals surface area contributed by atoms with E-state index >= 15 is 0 Å². The highest BCUT2D eigenvalue weighted by Crippen LogP contribution is 2.19. The molecule has 0 spiro atoms. The van der Waals surface area contributed by atoms with Crippen LogP contribution in [-0.4, -0.2) is 27.9 Å². The molecule has 1 heterocycles. The summed E-state index contributed by atoms with van der Waals surface area (Å²) in [7, 11) is 0. The first-order valence-electron chi connectivity index (χ1n) is 9.72. The van der Waals surface area contributed by atoms with Crippen molar-refractivity contribution in [1.82, 2.24) is 14.9 Å². The van der Waals surface area contributed by atoms with Crippen molar-refractivity contribution in [2.75, 3.05) is 11.9 Å². The first kappa shape index (κ1) is 21.0. The van der Waals surface area contributed by atoms with Gasteiger partial charge in [-0.25, -0.2) is 4.98 Å². The Labute approximate surface area is 174 Å². The summed E-state index contributed by atoms with van der Waals surface area (Å²) in [6.07, 6.45) is 1.26. The van der Waals surface area contributed by atoms with Crippen LogP contribution in [0.1, 0.15) is 28.4 Å². The van der Waals surface area contributed by atoms with Gasteiger partial charge in [-0.05, 0) is 38.0 Å². The molecule has 0 radical (unpaired) electrons. The molecule has 0 aliphatic heterocycles. The first-order valence-corrected chi connectivity index (χ1v) is 9.72. The molecule has 2 aromatic carbocycles. The zero-order chi connectivity index (χ0) is 21.7. The van der Waals surface area contributed by atoms with Crippen molar-refractivity contribution in [3.63, 3.8) is 0 Å². The normalized spacial score (nSPS) is 10.5. The average molecular weight is 404 g/mol. The predicted octanol–water partition coefficient (Wildman–Crippen LogP) is 2.92. The predicted molar refractivity (Wildman–Crippen MR) is 116 cm³/mol. The van der Waals surface area contributed by atoms with Crippen LogP contribution >= 0.6 is 0 Å². The Kier molecular flexibility index (Phi) is 6.41. The highest BCUT2D eigenvalue weighted by atomic mass is 16.2. The third-order valence-corrected chi connectivity index (χ3v) is 4.84. The van der Waals surface area contributed by atoms with Crippen molar-refractivity contribution < 1.29 is 9.59 Å². The van der Waals surface area contributed by atoms with E-state index < -0.39 is 11.5 Å². The third-order valence-electron chi connectivity index (χ3n) is 4.84. The molecule has 0 saturated heterocycles. The van der Waals surface area contributed by atoms with Crippen LogP contribution in [0, 0.1) is 13.8 Å². The number of rotatable bonds is 6. The molecule has 0 aliphatic carbocycles. The molecule has 2 N–H and O–H groups in total. The highest BCUT2D eigenvalue weighted by molar-refractivity contribution is 5.94. The zero-order valence-corrected chi connectivity index (χ0v) is 17.2. The fourth-order valence-electron chi connectivity index (χ4n) is 3.09. The summed E-state index contributed by atoms with van der Waals surface area (Å²) in [5, 5.41) is 5.46. The smallest absolute Gasteiger partial charge is 0.267 e. The average Bonchev–Trinajstić information content (AvgIpc) is 2.73. The van der Waals surface area contributed by atoms with Crippen LogP contribution in [0.2, 0.25) is 0 Å². The Morgan fingerprint density at radius 2 is 1.77 bits per heavy atom. The second-order valence-corrected chi connectivity index (χ2v) is 6.91. The van der Waals surface area contributed by atoms with Crippen LogP contribution in [-0.2, 0) is 11.3 Å². The van der Waals surface area contributed by atoms with Crippen molar-refractivity contribution in [3.05, 3.63) is 81.8 Å². The molecule has 0 aliphatic rings. The summed E-state index contributed by atoms with van der Waals surface area (Å²) in [5.74, 6) is -0.569. The van der Waals surface area contributed by atoms with Crippen molar-refractivity contribution >= 4 is 17.5 Å². The van der Waals surface area contributed by atoms with Gasteiger partial charge in [0.05, 0.1) is 0 Å². The Morgan fingerprint density at radius 3 is 2.47 bits per heavy atom. The maximum atomic E-state index is 13.1. The van der Waals surface area contributed by atoms with E-state index in [1.165, 1.54) is 10.8 Å². The molecule has 2 amide bonds. The lowest BCUT2D eigenvalue weighted by Crippen LogP contribution is -2.36. The van der Waals surface area contributed by atoms with Gasteiger partial charge in [-0.1, -0.05) is 42.5 Å². The molecule has 3 aromatic rings. The maximum Gasteiger partial charge on any atom is 0.267 e. The van der Waals surface area contributed by atoms with Crippen molar-refractivity contribution in [2.24, 2.45) is 0 Å². The van der Waals surface area contributed by atoms with Gasteiger partial charge < -0.3 is 10.6 Å². The van der Waals surface area contributed by atoms with E-state index in [4.69, 9.17) is 0 Å². The van der Waals surface area contributed by atoms with Crippen molar-refractivity contribution in [1.29, 1.82) is 0 Å². The SMILES string of the molecule is CCNC(=O)c1cnc(-c2ccccc2)n(CC(=O)Nc2cccc(C)c2C)c1=O. The van der Waals surface area contributed by atoms with Crippen LogP contribution in [0.5, 0.6) is 0 Å². The Morgan fingerprint density at radius 1 is 1.03 bits per heavy atom. The molecule has 7 nitrogen and oxygen atoms in total.